The van der Waals surface area contributed by atoms with E-state index in [0.29, 0.717) is 6.61 Å². The third-order valence-corrected chi connectivity index (χ3v) is 18.8. The van der Waals surface area contributed by atoms with E-state index in [9.17, 15) is 0 Å². The smallest absolute Gasteiger partial charge is 0.262 e. The lowest BCUT2D eigenvalue weighted by atomic mass is 10.1. The maximum atomic E-state index is 7.12. The molecular weight excluding hydrogens is 596 g/mol. The third-order valence-electron chi connectivity index (χ3n) is 9.20. The van der Waals surface area contributed by atoms with Gasteiger partial charge in [0.25, 0.3) is 8.32 Å². The molecule has 0 aromatic heterocycles. The Bertz CT molecular complexity index is 1590. The number of rotatable bonds is 8. The van der Waals surface area contributed by atoms with Crippen LogP contribution in [0.2, 0.25) is 5.04 Å². The zero-order chi connectivity index (χ0) is 31.9. The summed E-state index contributed by atoms with van der Waals surface area (Å²) in [5.74, 6) is 7.04. The Labute approximate surface area is 277 Å². The van der Waals surface area contributed by atoms with E-state index in [1.165, 1.54) is 26.3 Å². The van der Waals surface area contributed by atoms with E-state index in [-0.39, 0.29) is 17.0 Å². The first-order valence-electron chi connectivity index (χ1n) is 16.4. The Morgan fingerprint density at radius 3 is 1.46 bits per heavy atom. The summed E-state index contributed by atoms with van der Waals surface area (Å²) in [6.07, 6.45) is 2.87. The third kappa shape index (κ3) is 6.29. The van der Waals surface area contributed by atoms with E-state index in [1.807, 2.05) is 0 Å². The molecule has 1 heterocycles. The van der Waals surface area contributed by atoms with E-state index < -0.39 is 15.6 Å². The largest absolute Gasteiger partial charge is 0.396 e. The van der Waals surface area contributed by atoms with Crippen LogP contribution in [0.4, 0.5) is 0 Å². The highest BCUT2D eigenvalue weighted by Gasteiger charge is 2.54. The molecule has 0 saturated carbocycles. The van der Waals surface area contributed by atoms with E-state index in [4.69, 9.17) is 9.16 Å². The minimum absolute atomic E-state index is 0.0327. The highest BCUT2D eigenvalue weighted by atomic mass is 31.2. The summed E-state index contributed by atoms with van der Waals surface area (Å²) in [6.45, 7) is 7.29. The predicted octanol–water partition coefficient (Wildman–Crippen LogP) is 7.46. The minimum atomic E-state index is -2.65. The van der Waals surface area contributed by atoms with Gasteiger partial charge >= 0.3 is 0 Å². The normalized spacial score (nSPS) is 17.1. The van der Waals surface area contributed by atoms with Gasteiger partial charge in [0.15, 0.2) is 5.85 Å². The second kappa shape index (κ2) is 14.3. The summed E-state index contributed by atoms with van der Waals surface area (Å²) in [5, 5.41) is 6.50. The molecule has 2 nitrogen and oxygen atoms in total. The van der Waals surface area contributed by atoms with Crippen LogP contribution in [0.5, 0.6) is 0 Å². The number of hydrogen-bond acceptors (Lipinski definition) is 2. The van der Waals surface area contributed by atoms with Crippen molar-refractivity contribution >= 4 is 41.9 Å². The Morgan fingerprint density at radius 1 is 0.630 bits per heavy atom. The number of benzene rings is 5. The molecule has 0 spiro atoms. The first-order chi connectivity index (χ1) is 22.5. The summed E-state index contributed by atoms with van der Waals surface area (Å²) >= 11 is 0. The van der Waals surface area contributed by atoms with Gasteiger partial charge in [-0.25, -0.2) is 0 Å². The summed E-state index contributed by atoms with van der Waals surface area (Å²) in [7, 11) is -4.80. The van der Waals surface area contributed by atoms with Crippen molar-refractivity contribution in [2.75, 3.05) is 6.61 Å². The maximum absolute atomic E-state index is 7.12. The van der Waals surface area contributed by atoms with Crippen molar-refractivity contribution in [3.63, 3.8) is 0 Å². The molecule has 4 heteroatoms. The lowest BCUT2D eigenvalue weighted by Gasteiger charge is -2.42. The highest BCUT2D eigenvalue weighted by molar-refractivity contribution is 7.96. The van der Waals surface area contributed by atoms with Gasteiger partial charge < -0.3 is 9.16 Å². The molecule has 1 aliphatic heterocycles. The Hall–Kier alpha value is -3.77. The molecule has 0 bridgehead atoms. The molecule has 6 rings (SSSR count). The van der Waals surface area contributed by atoms with Crippen LogP contribution in [0.25, 0.3) is 0 Å². The molecule has 2 atom stereocenters. The zero-order valence-corrected chi connectivity index (χ0v) is 29.1. The molecule has 1 fully saturated rings. The van der Waals surface area contributed by atoms with Crippen molar-refractivity contribution in [3.8, 4) is 11.8 Å². The average molecular weight is 640 g/mol. The molecule has 46 heavy (non-hydrogen) atoms. The van der Waals surface area contributed by atoms with E-state index >= 15 is 0 Å². The number of ether oxygens (including phenoxy) is 1. The Balaban J connectivity index is 1.33. The molecule has 232 valence electrons. The van der Waals surface area contributed by atoms with Crippen LogP contribution < -0.4 is 26.3 Å². The predicted molar refractivity (Wildman–Crippen MR) is 199 cm³/mol. The maximum Gasteiger partial charge on any atom is 0.262 e. The second-order valence-electron chi connectivity index (χ2n) is 13.0. The van der Waals surface area contributed by atoms with Crippen molar-refractivity contribution in [2.24, 2.45) is 0 Å². The first kappa shape index (κ1) is 32.2. The van der Waals surface area contributed by atoms with Crippen molar-refractivity contribution in [3.05, 3.63) is 152 Å². The van der Waals surface area contributed by atoms with Gasteiger partial charge in [-0.3, -0.25) is 0 Å². The minimum Gasteiger partial charge on any atom is -0.396 e. The van der Waals surface area contributed by atoms with Gasteiger partial charge in [0.1, 0.15) is 29.3 Å². The van der Waals surface area contributed by atoms with Crippen LogP contribution >= 0.6 is 7.26 Å². The Kier molecular flexibility index (Phi) is 10.0. The van der Waals surface area contributed by atoms with Gasteiger partial charge in [-0.1, -0.05) is 148 Å². The first-order valence-corrected chi connectivity index (χ1v) is 20.2. The van der Waals surface area contributed by atoms with Crippen molar-refractivity contribution < 1.29 is 9.16 Å². The van der Waals surface area contributed by atoms with Crippen LogP contribution in [-0.2, 0) is 9.16 Å². The fourth-order valence-electron chi connectivity index (χ4n) is 7.19. The SMILES string of the molecule is CC(C)(C)[Si](OCC#CC1CCCC([P+](c2ccccc2)(c2ccccc2)c2ccccc2)O1)(c1ccccc1)c1ccccc1. The van der Waals surface area contributed by atoms with Crippen LogP contribution in [0.1, 0.15) is 40.0 Å². The van der Waals surface area contributed by atoms with Crippen molar-refractivity contribution in [2.45, 2.75) is 57.0 Å². The summed E-state index contributed by atoms with van der Waals surface area (Å²) in [4.78, 5) is 0. The van der Waals surface area contributed by atoms with Crippen molar-refractivity contribution in [1.82, 2.24) is 0 Å². The molecule has 0 radical (unpaired) electrons. The molecule has 0 amide bonds. The van der Waals surface area contributed by atoms with Crippen LogP contribution in [0.15, 0.2) is 152 Å². The van der Waals surface area contributed by atoms with Crippen molar-refractivity contribution in [1.29, 1.82) is 0 Å². The molecule has 1 saturated heterocycles. The van der Waals surface area contributed by atoms with E-state index in [0.717, 1.165) is 19.3 Å². The molecule has 1 aliphatic rings. The molecule has 5 aromatic rings. The second-order valence-corrected chi connectivity index (χ2v) is 20.9. The topological polar surface area (TPSA) is 18.5 Å². The van der Waals surface area contributed by atoms with Gasteiger partial charge in [0.05, 0.1) is 6.61 Å². The monoisotopic (exact) mass is 639 g/mol. The summed E-state index contributed by atoms with van der Waals surface area (Å²) in [5.41, 5.74) is 0. The van der Waals surface area contributed by atoms with E-state index in [1.54, 1.807) is 0 Å². The molecule has 0 aliphatic carbocycles. The molecule has 0 N–H and O–H groups in total. The highest BCUT2D eigenvalue weighted by Crippen LogP contribution is 2.62. The van der Waals surface area contributed by atoms with Gasteiger partial charge in [0, 0.05) is 6.42 Å². The van der Waals surface area contributed by atoms with E-state index in [2.05, 4.69) is 184 Å². The standard InChI is InChI=1S/C42H44O2PSi/c1-42(2,3)46(39-29-15-7-16-30-39,40-31-17-8-18-32-40)43-34-20-22-35-21-19-33-41(44-35)45(36-23-9-4-10-24-36,37-25-11-5-12-26-37)38-27-13-6-14-28-38/h4-18,23-32,35,41H,19,21,33-34H2,1-3H3/q+1. The van der Waals surface area contributed by atoms with Gasteiger partial charge in [-0.05, 0) is 64.7 Å². The van der Waals surface area contributed by atoms with Gasteiger partial charge in [-0.2, -0.15) is 0 Å². The fourth-order valence-corrected chi connectivity index (χ4v) is 16.4. The fraction of sp³-hybridized carbons (Fsp3) is 0.238. The molecule has 2 unspecified atom stereocenters. The molecular formula is C42H44O2PSi+. The van der Waals surface area contributed by atoms with Crippen LogP contribution in [0.3, 0.4) is 0 Å². The Morgan fingerprint density at radius 2 is 1.04 bits per heavy atom. The quantitative estimate of drug-likeness (QED) is 0.0998. The van der Waals surface area contributed by atoms with Gasteiger partial charge in [0.2, 0.25) is 0 Å². The van der Waals surface area contributed by atoms with Gasteiger partial charge in [-0.15, -0.1) is 0 Å². The zero-order valence-electron chi connectivity index (χ0n) is 27.2. The lowest BCUT2D eigenvalue weighted by molar-refractivity contribution is 0.0271. The van der Waals surface area contributed by atoms with Crippen LogP contribution in [0, 0.1) is 11.8 Å². The summed E-state index contributed by atoms with van der Waals surface area (Å²) < 4.78 is 14.2. The lowest BCUT2D eigenvalue weighted by Crippen LogP contribution is -2.66. The number of hydrogen-bond donors (Lipinski definition) is 0. The average Bonchev–Trinajstić information content (AvgIpc) is 3.11. The molecule has 5 aromatic carbocycles. The summed E-state index contributed by atoms with van der Waals surface area (Å²) in [6, 6.07) is 54.7. The van der Waals surface area contributed by atoms with Crippen LogP contribution in [-0.4, -0.2) is 26.9 Å².